The first-order chi connectivity index (χ1) is 20.2. The van der Waals surface area contributed by atoms with Gasteiger partial charge in [0, 0.05) is 11.6 Å². The van der Waals surface area contributed by atoms with Gasteiger partial charge in [0.25, 0.3) is 5.56 Å². The predicted molar refractivity (Wildman–Crippen MR) is 150 cm³/mol. The van der Waals surface area contributed by atoms with Crippen molar-refractivity contribution in [3.05, 3.63) is 126 Å². The molecule has 4 aromatic rings. The highest BCUT2D eigenvalue weighted by atomic mass is 32.1. The molecular formula is C31H25F3N2O5S. The molecule has 1 atom stereocenters. The van der Waals surface area contributed by atoms with Crippen LogP contribution in [0.5, 0.6) is 11.5 Å². The Kier molecular flexibility index (Phi) is 8.30. The van der Waals surface area contributed by atoms with Crippen LogP contribution in [0.25, 0.3) is 6.08 Å². The van der Waals surface area contributed by atoms with E-state index < -0.39 is 35.0 Å². The quantitative estimate of drug-likeness (QED) is 0.274. The minimum atomic E-state index is -0.867. The molecule has 1 aliphatic heterocycles. The van der Waals surface area contributed by atoms with E-state index in [1.54, 1.807) is 38.1 Å². The van der Waals surface area contributed by atoms with E-state index in [1.165, 1.54) is 42.0 Å². The van der Waals surface area contributed by atoms with Gasteiger partial charge >= 0.3 is 5.97 Å². The van der Waals surface area contributed by atoms with Crippen LogP contribution in [0, 0.1) is 17.5 Å². The van der Waals surface area contributed by atoms with Crippen molar-refractivity contribution < 1.29 is 32.2 Å². The van der Waals surface area contributed by atoms with E-state index in [0.29, 0.717) is 37.5 Å². The molecule has 0 radical (unpaired) electrons. The molecule has 0 aliphatic carbocycles. The Bertz CT molecular complexity index is 1880. The van der Waals surface area contributed by atoms with Crippen molar-refractivity contribution in [1.29, 1.82) is 0 Å². The summed E-state index contributed by atoms with van der Waals surface area (Å²) in [6.45, 7) is 3.40. The van der Waals surface area contributed by atoms with Crippen LogP contribution in [0.2, 0.25) is 0 Å². The van der Waals surface area contributed by atoms with E-state index in [0.717, 1.165) is 23.5 Å². The molecule has 0 amide bonds. The SMILES string of the molecule is CCOC(=O)C1=C(C)N=c2sc(=Cc3ccc(OC)c(COc4ccc(F)cc4F)c3)c(=O)n2[C@@H]1c1ccc(F)cc1. The van der Waals surface area contributed by atoms with E-state index in [9.17, 15) is 22.8 Å². The summed E-state index contributed by atoms with van der Waals surface area (Å²) in [7, 11) is 1.48. The Balaban J connectivity index is 1.57. The number of halogens is 3. The molecule has 0 spiro atoms. The Morgan fingerprint density at radius 3 is 2.43 bits per heavy atom. The normalized spacial score (nSPS) is 14.8. The van der Waals surface area contributed by atoms with Crippen molar-refractivity contribution in [2.24, 2.45) is 4.99 Å². The fourth-order valence-corrected chi connectivity index (χ4v) is 5.70. The molecule has 0 unspecified atom stereocenters. The lowest BCUT2D eigenvalue weighted by Gasteiger charge is -2.24. The van der Waals surface area contributed by atoms with E-state index in [2.05, 4.69) is 4.99 Å². The summed E-state index contributed by atoms with van der Waals surface area (Å²) in [6, 6.07) is 12.9. The summed E-state index contributed by atoms with van der Waals surface area (Å²) in [5, 5.41) is 0. The lowest BCUT2D eigenvalue weighted by Crippen LogP contribution is -2.39. The predicted octanol–water partition coefficient (Wildman–Crippen LogP) is 4.80. The zero-order valence-electron chi connectivity index (χ0n) is 22.8. The molecule has 3 aromatic carbocycles. The van der Waals surface area contributed by atoms with Gasteiger partial charge in [-0.1, -0.05) is 29.5 Å². The summed E-state index contributed by atoms with van der Waals surface area (Å²) >= 11 is 1.14. The largest absolute Gasteiger partial charge is 0.496 e. The number of carbonyl (C=O) groups excluding carboxylic acids is 1. The minimum Gasteiger partial charge on any atom is -0.496 e. The van der Waals surface area contributed by atoms with E-state index >= 15 is 0 Å². The third kappa shape index (κ3) is 5.73. The Morgan fingerprint density at radius 1 is 1.02 bits per heavy atom. The van der Waals surface area contributed by atoms with Gasteiger partial charge in [0.2, 0.25) is 0 Å². The van der Waals surface area contributed by atoms with Gasteiger partial charge in [0.15, 0.2) is 16.4 Å². The number of aromatic nitrogens is 1. The number of thiazole rings is 1. The summed E-state index contributed by atoms with van der Waals surface area (Å²) in [5.41, 5.74) is 1.90. The molecule has 216 valence electrons. The Morgan fingerprint density at radius 2 is 1.74 bits per heavy atom. The third-order valence-electron chi connectivity index (χ3n) is 6.58. The number of fused-ring (bicyclic) bond motifs is 1. The second kappa shape index (κ2) is 12.1. The molecule has 1 aromatic heterocycles. The van der Waals surface area contributed by atoms with E-state index in [-0.39, 0.29) is 24.5 Å². The number of carbonyl (C=O) groups is 1. The molecule has 0 N–H and O–H groups in total. The maximum absolute atomic E-state index is 14.1. The Hall–Kier alpha value is -4.64. The first kappa shape index (κ1) is 28.9. The summed E-state index contributed by atoms with van der Waals surface area (Å²) < 4.78 is 59.1. The zero-order valence-corrected chi connectivity index (χ0v) is 23.6. The van der Waals surface area contributed by atoms with Gasteiger partial charge in [-0.05, 0) is 67.4 Å². The fraction of sp³-hybridized carbons (Fsp3) is 0.194. The van der Waals surface area contributed by atoms with Crippen LogP contribution in [0.1, 0.15) is 36.6 Å². The average Bonchev–Trinajstić information content (AvgIpc) is 3.26. The lowest BCUT2D eigenvalue weighted by molar-refractivity contribution is -0.139. The van der Waals surface area contributed by atoms with Crippen LogP contribution in [0.3, 0.4) is 0 Å². The molecule has 2 heterocycles. The van der Waals surface area contributed by atoms with Gasteiger partial charge in [-0.25, -0.2) is 23.0 Å². The van der Waals surface area contributed by atoms with Crippen molar-refractivity contribution in [1.82, 2.24) is 4.57 Å². The van der Waals surface area contributed by atoms with Crippen LogP contribution in [0.15, 0.2) is 81.7 Å². The van der Waals surface area contributed by atoms with Crippen LogP contribution in [-0.4, -0.2) is 24.3 Å². The number of ether oxygens (including phenoxy) is 3. The molecule has 1 aliphatic rings. The van der Waals surface area contributed by atoms with Crippen LogP contribution in [-0.2, 0) is 16.1 Å². The van der Waals surface area contributed by atoms with E-state index in [1.807, 2.05) is 0 Å². The number of esters is 1. The summed E-state index contributed by atoms with van der Waals surface area (Å²) in [6.07, 6.45) is 1.66. The monoisotopic (exact) mass is 594 g/mol. The van der Waals surface area contributed by atoms with E-state index in [4.69, 9.17) is 14.2 Å². The topological polar surface area (TPSA) is 79.1 Å². The maximum Gasteiger partial charge on any atom is 0.338 e. The number of hydrogen-bond donors (Lipinski definition) is 0. The van der Waals surface area contributed by atoms with Crippen LogP contribution < -0.4 is 24.4 Å². The van der Waals surface area contributed by atoms with Crippen molar-refractivity contribution >= 4 is 23.4 Å². The molecule has 0 fully saturated rings. The second-order valence-corrected chi connectivity index (χ2v) is 10.3. The first-order valence-corrected chi connectivity index (χ1v) is 13.7. The summed E-state index contributed by atoms with van der Waals surface area (Å²) in [4.78, 5) is 31.7. The number of methoxy groups -OCH3 is 1. The van der Waals surface area contributed by atoms with Gasteiger partial charge in [0.05, 0.1) is 35.6 Å². The molecule has 5 rings (SSSR count). The van der Waals surface area contributed by atoms with Gasteiger partial charge in [-0.15, -0.1) is 0 Å². The first-order valence-electron chi connectivity index (χ1n) is 12.9. The van der Waals surface area contributed by atoms with Gasteiger partial charge in [-0.3, -0.25) is 9.36 Å². The van der Waals surface area contributed by atoms with Gasteiger partial charge in [-0.2, -0.15) is 0 Å². The van der Waals surface area contributed by atoms with Crippen LogP contribution in [0.4, 0.5) is 13.2 Å². The molecule has 42 heavy (non-hydrogen) atoms. The number of allylic oxidation sites excluding steroid dienone is 1. The standard InChI is InChI=1S/C31H25F3N2O5S/c1-4-40-30(38)27-17(2)35-31-36(28(27)19-6-8-21(32)9-7-19)29(37)26(42-31)14-18-5-11-24(39-3)20(13-18)16-41-25-12-10-22(33)15-23(25)34/h5-15,28H,4,16H2,1-3H3/t28-/m1/s1. The molecule has 0 saturated heterocycles. The highest BCUT2D eigenvalue weighted by Gasteiger charge is 2.33. The van der Waals surface area contributed by atoms with Gasteiger partial charge in [0.1, 0.15) is 24.0 Å². The van der Waals surface area contributed by atoms with Crippen LogP contribution >= 0.6 is 11.3 Å². The highest BCUT2D eigenvalue weighted by Crippen LogP contribution is 2.31. The zero-order chi connectivity index (χ0) is 30.0. The molecule has 0 bridgehead atoms. The average molecular weight is 595 g/mol. The second-order valence-electron chi connectivity index (χ2n) is 9.29. The Labute approximate surface area is 242 Å². The molecule has 7 nitrogen and oxygen atoms in total. The smallest absolute Gasteiger partial charge is 0.338 e. The van der Waals surface area contributed by atoms with Gasteiger partial charge < -0.3 is 14.2 Å². The molecular weight excluding hydrogens is 569 g/mol. The lowest BCUT2D eigenvalue weighted by atomic mass is 9.96. The molecule has 0 saturated carbocycles. The fourth-order valence-electron chi connectivity index (χ4n) is 4.65. The van der Waals surface area contributed by atoms with Crippen molar-refractivity contribution in [3.63, 3.8) is 0 Å². The number of benzene rings is 3. The van der Waals surface area contributed by atoms with Crippen molar-refractivity contribution in [3.8, 4) is 11.5 Å². The highest BCUT2D eigenvalue weighted by molar-refractivity contribution is 7.07. The maximum atomic E-state index is 14.1. The third-order valence-corrected chi connectivity index (χ3v) is 7.57. The van der Waals surface area contributed by atoms with Crippen molar-refractivity contribution in [2.75, 3.05) is 13.7 Å². The summed E-state index contributed by atoms with van der Waals surface area (Å²) in [5.74, 6) is -2.26. The number of nitrogens with zero attached hydrogens (tertiary/aromatic N) is 2. The number of rotatable bonds is 8. The molecule has 11 heteroatoms. The minimum absolute atomic E-state index is 0.0820. The number of hydrogen-bond acceptors (Lipinski definition) is 7. The van der Waals surface area contributed by atoms with Crippen molar-refractivity contribution in [2.45, 2.75) is 26.5 Å².